The highest BCUT2D eigenvalue weighted by atomic mass is 28.4. The Hall–Kier alpha value is -1.39. The summed E-state index contributed by atoms with van der Waals surface area (Å²) in [6, 6.07) is 9.33. The van der Waals surface area contributed by atoms with Crippen molar-refractivity contribution in [1.82, 2.24) is 0 Å². The monoisotopic (exact) mass is 506 g/mol. The summed E-state index contributed by atoms with van der Waals surface area (Å²) in [6.07, 6.45) is 12.0. The topological polar surface area (TPSA) is 35.5 Å². The smallest absolute Gasteiger partial charge is 0.338 e. The molecule has 0 spiro atoms. The molecule has 0 amide bonds. The highest BCUT2D eigenvalue weighted by Crippen LogP contribution is 2.70. The Labute approximate surface area is 219 Å². The van der Waals surface area contributed by atoms with Crippen molar-refractivity contribution in [1.29, 1.82) is 0 Å². The van der Waals surface area contributed by atoms with Crippen molar-refractivity contribution >= 4 is 14.3 Å². The first-order chi connectivity index (χ1) is 17.1. The number of hydrogen-bond acceptors (Lipinski definition) is 3. The van der Waals surface area contributed by atoms with Crippen LogP contribution < -0.4 is 0 Å². The molecular weight excluding hydrogens is 460 g/mol. The van der Waals surface area contributed by atoms with Crippen molar-refractivity contribution < 1.29 is 14.0 Å². The zero-order valence-corrected chi connectivity index (χ0v) is 24.0. The molecule has 0 heterocycles. The van der Waals surface area contributed by atoms with E-state index in [1.807, 2.05) is 30.3 Å². The lowest BCUT2D eigenvalue weighted by Gasteiger charge is -2.36. The maximum absolute atomic E-state index is 12.1. The van der Waals surface area contributed by atoms with Crippen LogP contribution in [0.15, 0.2) is 42.5 Å². The Morgan fingerprint density at radius 2 is 1.44 bits per heavy atom. The largest absolute Gasteiger partial charge is 0.462 e. The van der Waals surface area contributed by atoms with Crippen LogP contribution >= 0.6 is 0 Å². The van der Waals surface area contributed by atoms with Gasteiger partial charge in [0.2, 0.25) is 0 Å². The van der Waals surface area contributed by atoms with Gasteiger partial charge >= 0.3 is 5.97 Å². The molecule has 36 heavy (non-hydrogen) atoms. The van der Waals surface area contributed by atoms with Gasteiger partial charge in [-0.25, -0.2) is 4.79 Å². The van der Waals surface area contributed by atoms with Crippen molar-refractivity contribution in [3.8, 4) is 0 Å². The lowest BCUT2D eigenvalue weighted by Crippen LogP contribution is -2.41. The molecule has 5 aliphatic carbocycles. The van der Waals surface area contributed by atoms with E-state index in [1.165, 1.54) is 32.1 Å². The minimum atomic E-state index is -1.59. The summed E-state index contributed by atoms with van der Waals surface area (Å²) in [5.41, 5.74) is 0.652. The number of benzene rings is 1. The van der Waals surface area contributed by atoms with Gasteiger partial charge in [-0.2, -0.15) is 0 Å². The molecule has 0 aromatic heterocycles. The molecular formula is C32H46O3Si. The highest BCUT2D eigenvalue weighted by molar-refractivity contribution is 6.74. The normalized spacial score (nSPS) is 40.7. The maximum atomic E-state index is 12.1. The third-order valence-electron chi connectivity index (χ3n) is 10.8. The van der Waals surface area contributed by atoms with Gasteiger partial charge in [0.25, 0.3) is 0 Å². The highest BCUT2D eigenvalue weighted by Gasteiger charge is 2.63. The van der Waals surface area contributed by atoms with E-state index in [-0.39, 0.29) is 5.97 Å². The van der Waals surface area contributed by atoms with E-state index >= 15 is 0 Å². The van der Waals surface area contributed by atoms with Gasteiger partial charge in [-0.1, -0.05) is 51.1 Å². The molecule has 5 aliphatic rings. The van der Waals surface area contributed by atoms with Crippen LogP contribution in [0.4, 0.5) is 0 Å². The van der Waals surface area contributed by atoms with Crippen LogP contribution in [0.2, 0.25) is 18.1 Å². The summed E-state index contributed by atoms with van der Waals surface area (Å²) in [6.45, 7) is 13.4. The van der Waals surface area contributed by atoms with Gasteiger partial charge in [0.1, 0.15) is 0 Å². The van der Waals surface area contributed by atoms with Gasteiger partial charge in [-0.05, 0) is 122 Å². The van der Waals surface area contributed by atoms with Gasteiger partial charge in [0.15, 0.2) is 8.32 Å². The maximum Gasteiger partial charge on any atom is 0.338 e. The van der Waals surface area contributed by atoms with Gasteiger partial charge in [0, 0.05) is 6.61 Å². The van der Waals surface area contributed by atoms with E-state index in [9.17, 15) is 4.79 Å². The van der Waals surface area contributed by atoms with E-state index in [0.717, 1.165) is 54.0 Å². The van der Waals surface area contributed by atoms with Crippen molar-refractivity contribution in [2.75, 3.05) is 13.2 Å². The Morgan fingerprint density at radius 1 is 0.806 bits per heavy atom. The summed E-state index contributed by atoms with van der Waals surface area (Å²) in [4.78, 5) is 12.1. The molecule has 3 nitrogen and oxygen atoms in total. The Kier molecular flexibility index (Phi) is 6.31. The van der Waals surface area contributed by atoms with Crippen LogP contribution in [0.1, 0.15) is 63.2 Å². The summed E-state index contributed by atoms with van der Waals surface area (Å²) in [5, 5.41) is 0.325. The lowest BCUT2D eigenvalue weighted by atomic mass is 10.1. The standard InChI is InChI=1S/C32H46O3Si/c1-32(2,3)36(4,5)35-19-24-15-26(24)28-17-30(28)29-16-27(29)25-14-22(25)12-11-21-13-23(21)18-34-31(33)20-9-7-6-8-10-20/h6-12,21-30H,13-19H2,1-5H3/b12-11+/t21-,22-,23+,24+,25-,26-,27-,28+,29+,30+/m1/s1. The number of ether oxygens (including phenoxy) is 1. The molecule has 1 aromatic carbocycles. The van der Waals surface area contributed by atoms with Crippen molar-refractivity contribution in [3.05, 3.63) is 48.0 Å². The Bertz CT molecular complexity index is 994. The second kappa shape index (κ2) is 9.12. The molecule has 5 saturated carbocycles. The van der Waals surface area contributed by atoms with E-state index in [2.05, 4.69) is 46.0 Å². The Morgan fingerprint density at radius 3 is 2.14 bits per heavy atom. The number of hydrogen-bond donors (Lipinski definition) is 0. The first kappa shape index (κ1) is 24.9. The fourth-order valence-electron chi connectivity index (χ4n) is 6.73. The second-order valence-corrected chi connectivity index (χ2v) is 19.2. The fourth-order valence-corrected chi connectivity index (χ4v) is 7.80. The number of allylic oxidation sites excluding steroid dienone is 2. The van der Waals surface area contributed by atoms with Crippen LogP contribution in [0.3, 0.4) is 0 Å². The molecule has 6 rings (SSSR count). The number of carbonyl (C=O) groups excluding carboxylic acids is 1. The quantitative estimate of drug-likeness (QED) is 0.176. The van der Waals surface area contributed by atoms with Crippen LogP contribution in [0.5, 0.6) is 0 Å². The predicted molar refractivity (Wildman–Crippen MR) is 147 cm³/mol. The molecule has 1 aromatic rings. The van der Waals surface area contributed by atoms with E-state index < -0.39 is 8.32 Å². The third kappa shape index (κ3) is 5.41. The minimum Gasteiger partial charge on any atom is -0.462 e. The fraction of sp³-hybridized carbons (Fsp3) is 0.719. The van der Waals surface area contributed by atoms with Crippen molar-refractivity contribution in [2.45, 2.75) is 71.0 Å². The van der Waals surface area contributed by atoms with E-state index in [4.69, 9.17) is 9.16 Å². The number of rotatable bonds is 11. The molecule has 0 saturated heterocycles. The summed E-state index contributed by atoms with van der Waals surface area (Å²) < 4.78 is 12.1. The van der Waals surface area contributed by atoms with Gasteiger partial charge in [-0.3, -0.25) is 0 Å². The number of esters is 1. The summed E-state index contributed by atoms with van der Waals surface area (Å²) in [5.74, 6) is 8.77. The average molecular weight is 507 g/mol. The molecule has 0 N–H and O–H groups in total. The first-order valence-corrected chi connectivity index (χ1v) is 17.6. The van der Waals surface area contributed by atoms with Crippen LogP contribution in [0.25, 0.3) is 0 Å². The van der Waals surface area contributed by atoms with E-state index in [0.29, 0.717) is 29.0 Å². The molecule has 0 radical (unpaired) electrons. The van der Waals surface area contributed by atoms with Crippen LogP contribution in [-0.4, -0.2) is 27.5 Å². The molecule has 196 valence electrons. The summed E-state index contributed by atoms with van der Waals surface area (Å²) >= 11 is 0. The molecule has 10 atom stereocenters. The third-order valence-corrected chi connectivity index (χ3v) is 15.3. The van der Waals surface area contributed by atoms with E-state index in [1.54, 1.807) is 0 Å². The average Bonchev–Trinajstić information content (AvgIpc) is 3.61. The zero-order chi connectivity index (χ0) is 25.2. The van der Waals surface area contributed by atoms with Crippen LogP contribution in [-0.2, 0) is 9.16 Å². The van der Waals surface area contributed by atoms with Gasteiger partial charge in [-0.15, -0.1) is 0 Å². The van der Waals surface area contributed by atoms with Crippen LogP contribution in [0, 0.1) is 59.2 Å². The molecule has 0 aliphatic heterocycles. The lowest BCUT2D eigenvalue weighted by molar-refractivity contribution is 0.0482. The predicted octanol–water partition coefficient (Wildman–Crippen LogP) is 7.60. The SMILES string of the molecule is CC(C)(C)[Si](C)(C)OC[C@@H]1C[C@H]1[C@@H]1C[C@@H]1[C@H]1C[C@@H]1[C@@H]1C[C@H]1/C=C/[C@@H]1C[C@H]1COC(=O)c1ccccc1. The molecule has 0 bridgehead atoms. The first-order valence-electron chi connectivity index (χ1n) is 14.7. The molecule has 0 unspecified atom stereocenters. The second-order valence-electron chi connectivity index (χ2n) is 14.4. The van der Waals surface area contributed by atoms with Crippen molar-refractivity contribution in [3.63, 3.8) is 0 Å². The molecule has 4 heteroatoms. The Balaban J connectivity index is 0.861. The molecule has 5 fully saturated rings. The summed E-state index contributed by atoms with van der Waals surface area (Å²) in [7, 11) is -1.59. The number of carbonyl (C=O) groups is 1. The van der Waals surface area contributed by atoms with Gasteiger partial charge < -0.3 is 9.16 Å². The minimum absolute atomic E-state index is 0.189. The van der Waals surface area contributed by atoms with Gasteiger partial charge in [0.05, 0.1) is 12.2 Å². The zero-order valence-electron chi connectivity index (χ0n) is 23.0. The van der Waals surface area contributed by atoms with Crippen molar-refractivity contribution in [2.24, 2.45) is 59.2 Å².